The number of hydrogen-bond acceptors (Lipinski definition) is 2. The molecule has 1 amide bonds. The third-order valence-electron chi connectivity index (χ3n) is 4.57. The molecule has 2 aromatic heterocycles. The van der Waals surface area contributed by atoms with Crippen LogP contribution in [0, 0.1) is 5.82 Å². The Bertz CT molecular complexity index is 947. The zero-order valence-electron chi connectivity index (χ0n) is 13.6. The molecule has 0 spiro atoms. The summed E-state index contributed by atoms with van der Waals surface area (Å²) in [6.45, 7) is 1.48. The predicted octanol–water partition coefficient (Wildman–Crippen LogP) is 4.42. The maximum Gasteiger partial charge on any atom is 0.272 e. The van der Waals surface area contributed by atoms with E-state index in [4.69, 9.17) is 11.6 Å². The molecule has 1 fully saturated rings. The van der Waals surface area contributed by atoms with Gasteiger partial charge in [-0.15, -0.1) is 0 Å². The van der Waals surface area contributed by atoms with E-state index in [0.717, 1.165) is 37.9 Å². The average Bonchev–Trinajstić information content (AvgIpc) is 3.04. The van der Waals surface area contributed by atoms with Gasteiger partial charge in [-0.2, -0.15) is 0 Å². The molecule has 0 atom stereocenters. The Kier molecular flexibility index (Phi) is 4.17. The van der Waals surface area contributed by atoms with Crippen LogP contribution in [0.25, 0.3) is 16.8 Å². The SMILES string of the molecule is O=C(c1cnc2c(-c3cccc(Cl)c3)cc(F)cn12)N1CCCCC1. The number of aromatic nitrogens is 2. The molecule has 0 radical (unpaired) electrons. The van der Waals surface area contributed by atoms with Crippen molar-refractivity contribution in [2.75, 3.05) is 13.1 Å². The van der Waals surface area contributed by atoms with E-state index in [1.54, 1.807) is 16.5 Å². The Balaban J connectivity index is 1.82. The Labute approximate surface area is 149 Å². The quantitative estimate of drug-likeness (QED) is 0.680. The standard InChI is InChI=1S/C19H17ClFN3O/c20-14-6-4-5-13(9-14)16-10-15(21)12-24-17(11-22-18(16)24)19(25)23-7-2-1-3-8-23/h4-6,9-12H,1-3,7-8H2. The van der Waals surface area contributed by atoms with E-state index in [9.17, 15) is 9.18 Å². The predicted molar refractivity (Wildman–Crippen MR) is 95.4 cm³/mol. The van der Waals surface area contributed by atoms with Gasteiger partial charge < -0.3 is 4.90 Å². The van der Waals surface area contributed by atoms with E-state index in [2.05, 4.69) is 4.98 Å². The molecule has 4 rings (SSSR count). The number of nitrogens with zero attached hydrogens (tertiary/aromatic N) is 3. The monoisotopic (exact) mass is 357 g/mol. The number of rotatable bonds is 2. The van der Waals surface area contributed by atoms with Crippen LogP contribution in [-0.4, -0.2) is 33.3 Å². The third kappa shape index (κ3) is 3.00. The molecular weight excluding hydrogens is 341 g/mol. The van der Waals surface area contributed by atoms with Gasteiger partial charge in [0.25, 0.3) is 5.91 Å². The van der Waals surface area contributed by atoms with Crippen molar-refractivity contribution < 1.29 is 9.18 Å². The largest absolute Gasteiger partial charge is 0.337 e. The molecule has 6 heteroatoms. The first-order valence-corrected chi connectivity index (χ1v) is 8.73. The van der Waals surface area contributed by atoms with Crippen LogP contribution in [0.1, 0.15) is 29.8 Å². The van der Waals surface area contributed by atoms with Crippen LogP contribution in [0.2, 0.25) is 5.02 Å². The molecule has 1 aliphatic heterocycles. The summed E-state index contributed by atoms with van der Waals surface area (Å²) in [5.74, 6) is -0.525. The highest BCUT2D eigenvalue weighted by molar-refractivity contribution is 6.30. The lowest BCUT2D eigenvalue weighted by atomic mass is 10.1. The first kappa shape index (κ1) is 16.1. The first-order chi connectivity index (χ1) is 12.1. The Hall–Kier alpha value is -2.40. The van der Waals surface area contributed by atoms with Crippen LogP contribution in [0.15, 0.2) is 42.7 Å². The van der Waals surface area contributed by atoms with Gasteiger partial charge in [0.05, 0.1) is 6.20 Å². The molecule has 0 unspecified atom stereocenters. The molecular formula is C19H17ClFN3O. The highest BCUT2D eigenvalue weighted by Gasteiger charge is 2.22. The van der Waals surface area contributed by atoms with Gasteiger partial charge in [0.15, 0.2) is 0 Å². The summed E-state index contributed by atoms with van der Waals surface area (Å²) in [6.07, 6.45) is 5.99. The number of fused-ring (bicyclic) bond motifs is 1. The molecule has 1 aliphatic rings. The number of likely N-dealkylation sites (tertiary alicyclic amines) is 1. The molecule has 0 N–H and O–H groups in total. The fourth-order valence-electron chi connectivity index (χ4n) is 3.34. The highest BCUT2D eigenvalue weighted by Crippen LogP contribution is 2.28. The van der Waals surface area contributed by atoms with Crippen LogP contribution in [-0.2, 0) is 0 Å². The summed E-state index contributed by atoms with van der Waals surface area (Å²) in [5.41, 5.74) is 2.31. The van der Waals surface area contributed by atoms with E-state index < -0.39 is 5.82 Å². The molecule has 25 heavy (non-hydrogen) atoms. The first-order valence-electron chi connectivity index (χ1n) is 8.35. The van der Waals surface area contributed by atoms with Crippen molar-refractivity contribution in [3.63, 3.8) is 0 Å². The fraction of sp³-hybridized carbons (Fsp3) is 0.263. The van der Waals surface area contributed by atoms with Crippen molar-refractivity contribution in [1.29, 1.82) is 0 Å². The van der Waals surface area contributed by atoms with Gasteiger partial charge in [0, 0.05) is 29.9 Å². The maximum absolute atomic E-state index is 14.2. The van der Waals surface area contributed by atoms with Crippen LogP contribution in [0.5, 0.6) is 0 Å². The fourth-order valence-corrected chi connectivity index (χ4v) is 3.53. The van der Waals surface area contributed by atoms with Gasteiger partial charge in [0.2, 0.25) is 0 Å². The van der Waals surface area contributed by atoms with Crippen LogP contribution in [0.4, 0.5) is 4.39 Å². The van der Waals surface area contributed by atoms with E-state index >= 15 is 0 Å². The second-order valence-corrected chi connectivity index (χ2v) is 6.71. The summed E-state index contributed by atoms with van der Waals surface area (Å²) in [6, 6.07) is 8.60. The van der Waals surface area contributed by atoms with Gasteiger partial charge in [0.1, 0.15) is 17.2 Å². The van der Waals surface area contributed by atoms with E-state index in [0.29, 0.717) is 21.9 Å². The van der Waals surface area contributed by atoms with Crippen molar-refractivity contribution in [2.45, 2.75) is 19.3 Å². The smallest absolute Gasteiger partial charge is 0.272 e. The number of imidazole rings is 1. The normalized spacial score (nSPS) is 14.9. The Morgan fingerprint density at radius 2 is 1.96 bits per heavy atom. The summed E-state index contributed by atoms with van der Waals surface area (Å²) < 4.78 is 15.8. The van der Waals surface area contributed by atoms with Crippen LogP contribution < -0.4 is 0 Å². The Morgan fingerprint density at radius 1 is 1.16 bits per heavy atom. The zero-order valence-corrected chi connectivity index (χ0v) is 14.3. The zero-order chi connectivity index (χ0) is 17.4. The summed E-state index contributed by atoms with van der Waals surface area (Å²) in [4.78, 5) is 19.0. The van der Waals surface area contributed by atoms with E-state index in [1.807, 2.05) is 17.0 Å². The minimum Gasteiger partial charge on any atom is -0.337 e. The topological polar surface area (TPSA) is 37.6 Å². The van der Waals surface area contributed by atoms with Crippen molar-refractivity contribution in [3.05, 3.63) is 59.3 Å². The molecule has 3 aromatic rings. The number of benzene rings is 1. The molecule has 128 valence electrons. The van der Waals surface area contributed by atoms with Crippen molar-refractivity contribution in [2.24, 2.45) is 0 Å². The minimum absolute atomic E-state index is 0.102. The second kappa shape index (κ2) is 6.48. The van der Waals surface area contributed by atoms with E-state index in [1.165, 1.54) is 18.5 Å². The summed E-state index contributed by atoms with van der Waals surface area (Å²) in [7, 11) is 0. The number of halogens is 2. The number of amides is 1. The molecule has 0 bridgehead atoms. The van der Waals surface area contributed by atoms with Gasteiger partial charge in [-0.05, 0) is 43.0 Å². The summed E-state index contributed by atoms with van der Waals surface area (Å²) >= 11 is 6.06. The van der Waals surface area contributed by atoms with Crippen LogP contribution >= 0.6 is 11.6 Å². The summed E-state index contributed by atoms with van der Waals surface area (Å²) in [5, 5.41) is 0.566. The molecule has 1 aromatic carbocycles. The van der Waals surface area contributed by atoms with Crippen molar-refractivity contribution in [3.8, 4) is 11.1 Å². The number of piperidine rings is 1. The number of hydrogen-bond donors (Lipinski definition) is 0. The van der Waals surface area contributed by atoms with Gasteiger partial charge >= 0.3 is 0 Å². The van der Waals surface area contributed by atoms with Crippen molar-refractivity contribution >= 4 is 23.2 Å². The molecule has 0 saturated carbocycles. The minimum atomic E-state index is -0.423. The number of carbonyl (C=O) groups is 1. The maximum atomic E-state index is 14.2. The molecule has 0 aliphatic carbocycles. The lowest BCUT2D eigenvalue weighted by Gasteiger charge is -2.26. The lowest BCUT2D eigenvalue weighted by Crippen LogP contribution is -2.36. The van der Waals surface area contributed by atoms with Gasteiger partial charge in [-0.25, -0.2) is 9.37 Å². The van der Waals surface area contributed by atoms with Gasteiger partial charge in [-0.1, -0.05) is 23.7 Å². The average molecular weight is 358 g/mol. The van der Waals surface area contributed by atoms with Crippen LogP contribution in [0.3, 0.4) is 0 Å². The molecule has 3 heterocycles. The lowest BCUT2D eigenvalue weighted by molar-refractivity contribution is 0.0717. The van der Waals surface area contributed by atoms with Gasteiger partial charge in [-0.3, -0.25) is 9.20 Å². The highest BCUT2D eigenvalue weighted by atomic mass is 35.5. The third-order valence-corrected chi connectivity index (χ3v) is 4.81. The second-order valence-electron chi connectivity index (χ2n) is 6.27. The molecule has 1 saturated heterocycles. The van der Waals surface area contributed by atoms with E-state index in [-0.39, 0.29) is 5.91 Å². The Morgan fingerprint density at radius 3 is 2.72 bits per heavy atom. The molecule has 4 nitrogen and oxygen atoms in total. The number of pyridine rings is 1. The number of carbonyl (C=O) groups excluding carboxylic acids is 1. The van der Waals surface area contributed by atoms with Crippen molar-refractivity contribution in [1.82, 2.24) is 14.3 Å².